The van der Waals surface area contributed by atoms with Gasteiger partial charge in [-0.15, -0.1) is 11.3 Å². The number of para-hydroxylation sites is 1. The number of thiophene rings is 1. The number of carboxylic acids is 1. The van der Waals surface area contributed by atoms with Crippen LogP contribution in [0.2, 0.25) is 10.0 Å². The third-order valence-corrected chi connectivity index (χ3v) is 8.88. The molecule has 34 heavy (non-hydrogen) atoms. The lowest BCUT2D eigenvalue weighted by atomic mass is 9.98. The lowest BCUT2D eigenvalue weighted by Gasteiger charge is -2.30. The van der Waals surface area contributed by atoms with Crippen LogP contribution in [0.15, 0.2) is 58.8 Å². The number of benzene rings is 2. The molecule has 0 bridgehead atoms. The number of ketones is 1. The molecular weight excluding hydrogens is 523 g/mol. The Morgan fingerprint density at radius 3 is 2.50 bits per heavy atom. The first-order valence-corrected chi connectivity index (χ1v) is 12.9. The van der Waals surface area contributed by atoms with E-state index in [1.54, 1.807) is 29.6 Å². The average Bonchev–Trinajstić information content (AvgIpc) is 3.17. The fraction of sp³-hybridized carbons (Fsp3) is 0.182. The molecule has 0 saturated carbocycles. The molecule has 2 unspecified atom stereocenters. The first kappa shape index (κ1) is 24.6. The minimum atomic E-state index is -3.82. The van der Waals surface area contributed by atoms with Crippen molar-refractivity contribution in [2.75, 3.05) is 7.05 Å². The molecular formula is C22H18Cl2N2O6S2. The van der Waals surface area contributed by atoms with Crippen LogP contribution in [-0.2, 0) is 21.4 Å². The van der Waals surface area contributed by atoms with Crippen molar-refractivity contribution >= 4 is 56.3 Å². The van der Waals surface area contributed by atoms with E-state index in [2.05, 4.69) is 5.32 Å². The second-order valence-electron chi connectivity index (χ2n) is 7.46. The summed E-state index contributed by atoms with van der Waals surface area (Å²) < 4.78 is 32.3. The molecule has 8 nitrogen and oxygen atoms in total. The Morgan fingerprint density at radius 2 is 1.82 bits per heavy atom. The largest absolute Gasteiger partial charge is 0.477 e. The lowest BCUT2D eigenvalue weighted by Crippen LogP contribution is -2.49. The predicted molar refractivity (Wildman–Crippen MR) is 128 cm³/mol. The Balaban J connectivity index is 1.59. The van der Waals surface area contributed by atoms with Gasteiger partial charge in [0, 0.05) is 24.2 Å². The quantitative estimate of drug-likeness (QED) is 0.432. The van der Waals surface area contributed by atoms with E-state index < -0.39 is 34.0 Å². The standard InChI is InChI=1S/C22H18Cl2N2O6S2/c1-26(34(30,31)14-8-6-13(23)7-9-14)10-12-11-33-20(17(12)24)19(27)18-15-4-2-3-5-16(15)32-21(25-18)22(28)29/h2-9,11,18,21,25H,10H2,1H3,(H,28,29). The summed E-state index contributed by atoms with van der Waals surface area (Å²) in [7, 11) is -2.41. The molecule has 178 valence electrons. The first-order chi connectivity index (χ1) is 16.1. The van der Waals surface area contributed by atoms with Crippen LogP contribution in [0.1, 0.15) is 26.8 Å². The number of sulfonamides is 1. The number of ether oxygens (including phenoxy) is 1. The molecule has 2 heterocycles. The number of fused-ring (bicyclic) bond motifs is 1. The van der Waals surface area contributed by atoms with Crippen LogP contribution in [0.25, 0.3) is 0 Å². The van der Waals surface area contributed by atoms with Gasteiger partial charge in [0.05, 0.1) is 14.8 Å². The van der Waals surface area contributed by atoms with Crippen molar-refractivity contribution in [1.29, 1.82) is 0 Å². The molecule has 12 heteroatoms. The van der Waals surface area contributed by atoms with Crippen LogP contribution in [0, 0.1) is 0 Å². The number of hydrogen-bond acceptors (Lipinski definition) is 7. The maximum absolute atomic E-state index is 13.4. The molecule has 1 aromatic heterocycles. The Morgan fingerprint density at radius 1 is 1.15 bits per heavy atom. The van der Waals surface area contributed by atoms with Gasteiger partial charge in [0.1, 0.15) is 11.8 Å². The minimum absolute atomic E-state index is 0.0664. The van der Waals surface area contributed by atoms with Crippen LogP contribution >= 0.6 is 34.5 Å². The zero-order valence-electron chi connectivity index (χ0n) is 17.6. The smallest absolute Gasteiger partial charge is 0.360 e. The number of nitrogens with zero attached hydrogens (tertiary/aromatic N) is 1. The highest BCUT2D eigenvalue weighted by atomic mass is 35.5. The summed E-state index contributed by atoms with van der Waals surface area (Å²) in [6, 6.07) is 11.4. The van der Waals surface area contributed by atoms with E-state index in [9.17, 15) is 23.1 Å². The van der Waals surface area contributed by atoms with Crippen molar-refractivity contribution in [1.82, 2.24) is 9.62 Å². The Bertz CT molecular complexity index is 1360. The molecule has 4 rings (SSSR count). The number of nitrogens with one attached hydrogen (secondary N) is 1. The number of hydrogen-bond donors (Lipinski definition) is 2. The van der Waals surface area contributed by atoms with Crippen molar-refractivity contribution < 1.29 is 27.9 Å². The summed E-state index contributed by atoms with van der Waals surface area (Å²) in [4.78, 5) is 25.1. The van der Waals surface area contributed by atoms with Gasteiger partial charge >= 0.3 is 5.97 Å². The third kappa shape index (κ3) is 4.70. The normalized spacial score (nSPS) is 17.8. The SMILES string of the molecule is CN(Cc1csc(C(=O)C2NC(C(=O)O)Oc3ccccc32)c1Cl)S(=O)(=O)c1ccc(Cl)cc1. The fourth-order valence-electron chi connectivity index (χ4n) is 3.46. The van der Waals surface area contributed by atoms with Gasteiger partial charge in [-0.2, -0.15) is 4.31 Å². The molecule has 0 radical (unpaired) electrons. The number of aliphatic carboxylic acids is 1. The highest BCUT2D eigenvalue weighted by Gasteiger charge is 2.37. The summed E-state index contributed by atoms with van der Waals surface area (Å²) in [6.45, 7) is -0.0664. The maximum Gasteiger partial charge on any atom is 0.360 e. The van der Waals surface area contributed by atoms with E-state index in [0.717, 1.165) is 15.6 Å². The molecule has 0 amide bonds. The number of carbonyl (C=O) groups excluding carboxylic acids is 1. The fourth-order valence-corrected chi connectivity index (χ4v) is 6.06. The van der Waals surface area contributed by atoms with E-state index in [1.165, 1.54) is 31.3 Å². The van der Waals surface area contributed by atoms with Gasteiger partial charge in [-0.3, -0.25) is 10.1 Å². The average molecular weight is 541 g/mol. The second kappa shape index (κ2) is 9.65. The Hall–Kier alpha value is -2.47. The van der Waals surface area contributed by atoms with E-state index in [4.69, 9.17) is 27.9 Å². The van der Waals surface area contributed by atoms with E-state index in [-0.39, 0.29) is 27.1 Å². The van der Waals surface area contributed by atoms with Crippen molar-refractivity contribution in [2.45, 2.75) is 23.7 Å². The summed E-state index contributed by atoms with van der Waals surface area (Å²) in [5, 5.41) is 14.2. The number of carbonyl (C=O) groups is 2. The molecule has 3 aromatic rings. The summed E-state index contributed by atoms with van der Waals surface area (Å²) >= 11 is 13.4. The molecule has 0 spiro atoms. The summed E-state index contributed by atoms with van der Waals surface area (Å²) in [5.41, 5.74) is 0.934. The molecule has 1 aliphatic rings. The van der Waals surface area contributed by atoms with Crippen LogP contribution in [0.5, 0.6) is 5.75 Å². The van der Waals surface area contributed by atoms with Gasteiger partial charge in [0.2, 0.25) is 16.3 Å². The molecule has 2 N–H and O–H groups in total. The molecule has 0 saturated heterocycles. The van der Waals surface area contributed by atoms with Crippen LogP contribution in [-0.4, -0.2) is 42.9 Å². The number of halogens is 2. The lowest BCUT2D eigenvalue weighted by molar-refractivity contribution is -0.147. The third-order valence-electron chi connectivity index (χ3n) is 5.22. The van der Waals surface area contributed by atoms with Gasteiger partial charge in [-0.25, -0.2) is 13.2 Å². The van der Waals surface area contributed by atoms with Gasteiger partial charge in [0.15, 0.2) is 5.78 Å². The summed E-state index contributed by atoms with van der Waals surface area (Å²) in [6.07, 6.45) is -1.40. The van der Waals surface area contributed by atoms with Gasteiger partial charge in [-0.05, 0) is 41.3 Å². The highest BCUT2D eigenvalue weighted by Crippen LogP contribution is 2.37. The Kier molecular flexibility index (Phi) is 6.99. The topological polar surface area (TPSA) is 113 Å². The zero-order chi connectivity index (χ0) is 24.6. The van der Waals surface area contributed by atoms with Crippen LogP contribution in [0.4, 0.5) is 0 Å². The monoisotopic (exact) mass is 540 g/mol. The van der Waals surface area contributed by atoms with Crippen molar-refractivity contribution in [2.24, 2.45) is 0 Å². The number of rotatable bonds is 7. The first-order valence-electron chi connectivity index (χ1n) is 9.86. The van der Waals surface area contributed by atoms with E-state index >= 15 is 0 Å². The molecule has 2 atom stereocenters. The Labute approximate surface area is 209 Å². The van der Waals surface area contributed by atoms with Gasteiger partial charge in [0.25, 0.3) is 0 Å². The van der Waals surface area contributed by atoms with Crippen molar-refractivity contribution in [3.63, 3.8) is 0 Å². The molecule has 0 aliphatic carbocycles. The highest BCUT2D eigenvalue weighted by molar-refractivity contribution is 7.89. The molecule has 0 fully saturated rings. The van der Waals surface area contributed by atoms with Gasteiger partial charge in [-0.1, -0.05) is 41.4 Å². The van der Waals surface area contributed by atoms with Crippen LogP contribution in [0.3, 0.4) is 0 Å². The maximum atomic E-state index is 13.4. The number of Topliss-reactive ketones (excluding diaryl/α,β-unsaturated/α-hetero) is 1. The zero-order valence-corrected chi connectivity index (χ0v) is 20.7. The van der Waals surface area contributed by atoms with E-state index in [0.29, 0.717) is 16.1 Å². The van der Waals surface area contributed by atoms with Crippen molar-refractivity contribution in [3.05, 3.63) is 80.0 Å². The minimum Gasteiger partial charge on any atom is -0.477 e. The number of carboxylic acid groups (broad SMARTS) is 1. The van der Waals surface area contributed by atoms with Crippen LogP contribution < -0.4 is 10.1 Å². The van der Waals surface area contributed by atoms with Crippen molar-refractivity contribution in [3.8, 4) is 5.75 Å². The van der Waals surface area contributed by atoms with E-state index in [1.807, 2.05) is 0 Å². The molecule has 2 aromatic carbocycles. The second-order valence-corrected chi connectivity index (χ2v) is 11.2. The summed E-state index contributed by atoms with van der Waals surface area (Å²) in [5.74, 6) is -1.42. The predicted octanol–water partition coefficient (Wildman–Crippen LogP) is 4.19. The van der Waals surface area contributed by atoms with Gasteiger partial charge < -0.3 is 9.84 Å². The molecule has 1 aliphatic heterocycles.